The number of carbonyl (C=O) groups excluding carboxylic acids is 1. The number of thiocarbonyl (C=S) groups is 1. The van der Waals surface area contributed by atoms with Gasteiger partial charge in [0.1, 0.15) is 11.4 Å². The molecule has 4 nitrogen and oxygen atoms in total. The number of para-hydroxylation sites is 1. The molecule has 0 aliphatic rings. The van der Waals surface area contributed by atoms with Gasteiger partial charge in [0.05, 0.1) is 5.02 Å². The molecule has 2 N–H and O–H groups in total. The molecular formula is C16H10ClFN2O2S. The maximum atomic E-state index is 13.1. The van der Waals surface area contributed by atoms with Crippen molar-refractivity contribution in [3.63, 3.8) is 0 Å². The van der Waals surface area contributed by atoms with Gasteiger partial charge in [0.2, 0.25) is 0 Å². The summed E-state index contributed by atoms with van der Waals surface area (Å²) in [6.07, 6.45) is 0. The predicted molar refractivity (Wildman–Crippen MR) is 91.3 cm³/mol. The van der Waals surface area contributed by atoms with Crippen molar-refractivity contribution in [3.05, 3.63) is 65.1 Å². The van der Waals surface area contributed by atoms with Gasteiger partial charge in [0.25, 0.3) is 5.91 Å². The van der Waals surface area contributed by atoms with E-state index in [-0.39, 0.29) is 15.9 Å². The van der Waals surface area contributed by atoms with Crippen LogP contribution >= 0.6 is 23.8 Å². The number of hydrogen-bond donors (Lipinski definition) is 2. The highest BCUT2D eigenvalue weighted by Crippen LogP contribution is 2.20. The molecule has 3 aromatic rings. The Morgan fingerprint density at radius 3 is 2.70 bits per heavy atom. The third-order valence-electron chi connectivity index (χ3n) is 3.05. The minimum atomic E-state index is -0.533. The number of carbonyl (C=O) groups is 1. The second-order valence-electron chi connectivity index (χ2n) is 4.69. The molecule has 0 unspecified atom stereocenters. The summed E-state index contributed by atoms with van der Waals surface area (Å²) in [5.41, 5.74) is 1.08. The van der Waals surface area contributed by atoms with E-state index >= 15 is 0 Å². The summed E-state index contributed by atoms with van der Waals surface area (Å²) in [6, 6.07) is 12.9. The molecule has 0 atom stereocenters. The van der Waals surface area contributed by atoms with Crippen LogP contribution in [0.1, 0.15) is 10.6 Å². The van der Waals surface area contributed by atoms with Crippen LogP contribution in [0.25, 0.3) is 11.0 Å². The number of rotatable bonds is 2. The Bertz CT molecular complexity index is 877. The van der Waals surface area contributed by atoms with Crippen LogP contribution in [0.3, 0.4) is 0 Å². The molecule has 116 valence electrons. The zero-order chi connectivity index (χ0) is 16.4. The molecule has 1 aromatic heterocycles. The van der Waals surface area contributed by atoms with E-state index < -0.39 is 11.7 Å². The maximum Gasteiger partial charge on any atom is 0.293 e. The lowest BCUT2D eigenvalue weighted by molar-refractivity contribution is 0.0953. The van der Waals surface area contributed by atoms with E-state index in [0.29, 0.717) is 11.3 Å². The summed E-state index contributed by atoms with van der Waals surface area (Å²) >= 11 is 10.7. The van der Waals surface area contributed by atoms with Crippen LogP contribution in [0.2, 0.25) is 5.02 Å². The first kappa shape index (κ1) is 15.5. The van der Waals surface area contributed by atoms with Gasteiger partial charge in [0, 0.05) is 11.1 Å². The quantitative estimate of drug-likeness (QED) is 0.676. The molecule has 2 aromatic carbocycles. The second-order valence-corrected chi connectivity index (χ2v) is 5.50. The van der Waals surface area contributed by atoms with Crippen molar-refractivity contribution in [2.75, 3.05) is 5.32 Å². The average molecular weight is 349 g/mol. The van der Waals surface area contributed by atoms with Crippen molar-refractivity contribution in [2.45, 2.75) is 0 Å². The topological polar surface area (TPSA) is 54.3 Å². The van der Waals surface area contributed by atoms with Gasteiger partial charge in [-0.2, -0.15) is 0 Å². The molecular weight excluding hydrogens is 339 g/mol. The van der Waals surface area contributed by atoms with Gasteiger partial charge in [-0.3, -0.25) is 10.1 Å². The van der Waals surface area contributed by atoms with Gasteiger partial charge >= 0.3 is 0 Å². The lowest BCUT2D eigenvalue weighted by Crippen LogP contribution is -2.33. The van der Waals surface area contributed by atoms with Crippen molar-refractivity contribution >= 4 is 51.5 Å². The summed E-state index contributed by atoms with van der Waals surface area (Å²) < 4.78 is 18.5. The zero-order valence-corrected chi connectivity index (χ0v) is 13.2. The van der Waals surface area contributed by atoms with E-state index in [1.807, 2.05) is 18.2 Å². The van der Waals surface area contributed by atoms with Crippen LogP contribution in [0.5, 0.6) is 0 Å². The molecule has 3 rings (SSSR count). The summed E-state index contributed by atoms with van der Waals surface area (Å²) in [5.74, 6) is -0.867. The number of benzene rings is 2. The van der Waals surface area contributed by atoms with Gasteiger partial charge in [-0.25, -0.2) is 4.39 Å². The number of fused-ring (bicyclic) bond motifs is 1. The first-order valence-corrected chi connectivity index (χ1v) is 7.37. The van der Waals surface area contributed by atoms with Gasteiger partial charge < -0.3 is 9.73 Å². The Morgan fingerprint density at radius 2 is 1.96 bits per heavy atom. The fourth-order valence-electron chi connectivity index (χ4n) is 1.99. The third-order valence-corrected chi connectivity index (χ3v) is 3.55. The fraction of sp³-hybridized carbons (Fsp3) is 0. The Balaban J connectivity index is 1.69. The van der Waals surface area contributed by atoms with Crippen LogP contribution in [0.15, 0.2) is 52.9 Å². The normalized spacial score (nSPS) is 10.5. The summed E-state index contributed by atoms with van der Waals surface area (Å²) in [7, 11) is 0. The molecule has 0 aliphatic carbocycles. The van der Waals surface area contributed by atoms with Crippen molar-refractivity contribution in [1.29, 1.82) is 0 Å². The molecule has 0 saturated heterocycles. The Morgan fingerprint density at radius 1 is 1.17 bits per heavy atom. The van der Waals surface area contributed by atoms with E-state index in [0.717, 1.165) is 5.39 Å². The van der Waals surface area contributed by atoms with E-state index in [4.69, 9.17) is 28.2 Å². The number of nitrogens with one attached hydrogen (secondary N) is 2. The second kappa shape index (κ2) is 6.36. The highest BCUT2D eigenvalue weighted by atomic mass is 35.5. The van der Waals surface area contributed by atoms with Crippen LogP contribution < -0.4 is 10.6 Å². The summed E-state index contributed by atoms with van der Waals surface area (Å²) in [5, 5.41) is 6.08. The van der Waals surface area contributed by atoms with Crippen LogP contribution in [0, 0.1) is 5.82 Å². The molecule has 0 saturated carbocycles. The highest BCUT2D eigenvalue weighted by molar-refractivity contribution is 7.80. The first-order chi connectivity index (χ1) is 11.0. The molecule has 0 fully saturated rings. The molecule has 0 spiro atoms. The van der Waals surface area contributed by atoms with Crippen molar-refractivity contribution in [3.8, 4) is 0 Å². The predicted octanol–water partition coefficient (Wildman–Crippen LogP) is 4.35. The summed E-state index contributed by atoms with van der Waals surface area (Å²) in [4.78, 5) is 12.1. The molecule has 0 bridgehead atoms. The van der Waals surface area contributed by atoms with Crippen LogP contribution in [0.4, 0.5) is 10.1 Å². The molecule has 23 heavy (non-hydrogen) atoms. The zero-order valence-electron chi connectivity index (χ0n) is 11.6. The first-order valence-electron chi connectivity index (χ1n) is 6.59. The van der Waals surface area contributed by atoms with Gasteiger partial charge in [0.15, 0.2) is 10.9 Å². The SMILES string of the molecule is O=C(NC(=S)Nc1ccc(F)c(Cl)c1)c1cc2ccccc2o1. The lowest BCUT2D eigenvalue weighted by atomic mass is 10.2. The number of hydrogen-bond acceptors (Lipinski definition) is 3. The van der Waals surface area contributed by atoms with E-state index in [1.165, 1.54) is 18.2 Å². The third kappa shape index (κ3) is 3.49. The van der Waals surface area contributed by atoms with E-state index in [1.54, 1.807) is 12.1 Å². The van der Waals surface area contributed by atoms with Crippen molar-refractivity contribution < 1.29 is 13.6 Å². The average Bonchev–Trinajstić information content (AvgIpc) is 2.95. The lowest BCUT2D eigenvalue weighted by Gasteiger charge is -2.08. The standard InChI is InChI=1S/C16H10ClFN2O2S/c17-11-8-10(5-6-12(11)18)19-16(23)20-15(21)14-7-9-3-1-2-4-13(9)22-14/h1-8H,(H2,19,20,21,23). The monoisotopic (exact) mass is 348 g/mol. The number of furan rings is 1. The van der Waals surface area contributed by atoms with Gasteiger partial charge in [-0.05, 0) is 42.5 Å². The maximum absolute atomic E-state index is 13.1. The summed E-state index contributed by atoms with van der Waals surface area (Å²) in [6.45, 7) is 0. The molecule has 0 aliphatic heterocycles. The highest BCUT2D eigenvalue weighted by Gasteiger charge is 2.13. The molecule has 0 radical (unpaired) electrons. The van der Waals surface area contributed by atoms with Gasteiger partial charge in [-0.15, -0.1) is 0 Å². The minimum absolute atomic E-state index is 0.0404. The number of halogens is 2. The van der Waals surface area contributed by atoms with Gasteiger partial charge in [-0.1, -0.05) is 29.8 Å². The Hall–Kier alpha value is -2.44. The van der Waals surface area contributed by atoms with Crippen molar-refractivity contribution in [2.24, 2.45) is 0 Å². The van der Waals surface area contributed by atoms with E-state index in [2.05, 4.69) is 10.6 Å². The van der Waals surface area contributed by atoms with E-state index in [9.17, 15) is 9.18 Å². The largest absolute Gasteiger partial charge is 0.451 e. The van der Waals surface area contributed by atoms with Crippen molar-refractivity contribution in [1.82, 2.24) is 5.32 Å². The number of amides is 1. The minimum Gasteiger partial charge on any atom is -0.451 e. The van der Waals surface area contributed by atoms with Crippen LogP contribution in [-0.2, 0) is 0 Å². The molecule has 1 amide bonds. The number of anilines is 1. The fourth-order valence-corrected chi connectivity index (χ4v) is 2.39. The Labute approximate surface area is 141 Å². The molecule has 7 heteroatoms. The Kier molecular flexibility index (Phi) is 4.27. The molecule has 1 heterocycles. The van der Waals surface area contributed by atoms with Crippen LogP contribution in [-0.4, -0.2) is 11.0 Å². The smallest absolute Gasteiger partial charge is 0.293 e.